The third kappa shape index (κ3) is 3.16. The molecule has 0 aromatic carbocycles. The van der Waals surface area contributed by atoms with Gasteiger partial charge in [0.05, 0.1) is 18.7 Å². The predicted molar refractivity (Wildman–Crippen MR) is 75.8 cm³/mol. The highest BCUT2D eigenvalue weighted by atomic mass is 32.1. The van der Waals surface area contributed by atoms with Gasteiger partial charge in [-0.15, -0.1) is 11.3 Å². The Balaban J connectivity index is 2.01. The molecule has 0 bridgehead atoms. The summed E-state index contributed by atoms with van der Waals surface area (Å²) in [5, 5.41) is 1.91. The van der Waals surface area contributed by atoms with Crippen LogP contribution in [0.5, 0.6) is 0 Å². The Labute approximate surface area is 121 Å². The lowest BCUT2D eigenvalue weighted by Crippen LogP contribution is -2.34. The average molecular weight is 295 g/mol. The monoisotopic (exact) mass is 295 g/mol. The van der Waals surface area contributed by atoms with E-state index in [1.54, 1.807) is 14.0 Å². The van der Waals surface area contributed by atoms with Gasteiger partial charge in [-0.2, -0.15) is 0 Å². The number of fused-ring (bicyclic) bond motifs is 1. The molecule has 1 amide bonds. The van der Waals surface area contributed by atoms with Gasteiger partial charge in [-0.3, -0.25) is 14.0 Å². The molecule has 20 heavy (non-hydrogen) atoms. The minimum atomic E-state index is -0.391. The smallest absolute Gasteiger partial charge is 0.325 e. The van der Waals surface area contributed by atoms with Crippen molar-refractivity contribution in [3.05, 3.63) is 23.0 Å². The average Bonchev–Trinajstić information content (AvgIpc) is 2.90. The van der Waals surface area contributed by atoms with Gasteiger partial charge in [0.2, 0.25) is 5.91 Å². The number of ether oxygens (including phenoxy) is 1. The quantitative estimate of drug-likeness (QED) is 0.779. The van der Waals surface area contributed by atoms with Crippen LogP contribution in [-0.4, -0.2) is 46.4 Å². The Bertz CT molecular complexity index is 632. The van der Waals surface area contributed by atoms with Gasteiger partial charge in [-0.1, -0.05) is 0 Å². The third-order valence-electron chi connectivity index (χ3n) is 2.83. The summed E-state index contributed by atoms with van der Waals surface area (Å²) < 4.78 is 6.74. The number of carbonyl (C=O) groups excluding carboxylic acids is 2. The maximum Gasteiger partial charge on any atom is 0.325 e. The molecule has 0 fully saturated rings. The van der Waals surface area contributed by atoms with E-state index in [1.807, 2.05) is 22.9 Å². The van der Waals surface area contributed by atoms with Crippen LogP contribution in [0.25, 0.3) is 4.96 Å². The fraction of sp³-hybridized carbons (Fsp3) is 0.462. The number of hydrogen-bond donors (Lipinski definition) is 0. The number of aromatic nitrogens is 2. The van der Waals surface area contributed by atoms with Crippen LogP contribution in [0.4, 0.5) is 0 Å². The number of nitrogens with zero attached hydrogens (tertiary/aromatic N) is 3. The molecular formula is C13H17N3O3S. The largest absolute Gasteiger partial charge is 0.465 e. The molecule has 0 saturated heterocycles. The van der Waals surface area contributed by atoms with E-state index in [0.29, 0.717) is 6.61 Å². The molecule has 0 atom stereocenters. The van der Waals surface area contributed by atoms with Crippen molar-refractivity contribution in [2.75, 3.05) is 20.2 Å². The van der Waals surface area contributed by atoms with Crippen LogP contribution < -0.4 is 0 Å². The Morgan fingerprint density at radius 3 is 2.95 bits per heavy atom. The summed E-state index contributed by atoms with van der Waals surface area (Å²) in [6, 6.07) is 0. The van der Waals surface area contributed by atoms with Gasteiger partial charge in [-0.25, -0.2) is 4.98 Å². The molecule has 0 aliphatic heterocycles. The predicted octanol–water partition coefficient (Wildman–Crippen LogP) is 1.27. The van der Waals surface area contributed by atoms with Crippen molar-refractivity contribution >= 4 is 28.2 Å². The van der Waals surface area contributed by atoms with Crippen molar-refractivity contribution in [3.8, 4) is 0 Å². The molecule has 0 radical (unpaired) electrons. The number of hydrogen-bond acceptors (Lipinski definition) is 5. The van der Waals surface area contributed by atoms with E-state index in [4.69, 9.17) is 4.74 Å². The number of aryl methyl sites for hydroxylation is 1. The van der Waals surface area contributed by atoms with Crippen LogP contribution in [0.1, 0.15) is 18.3 Å². The summed E-state index contributed by atoms with van der Waals surface area (Å²) in [6.45, 7) is 3.95. The van der Waals surface area contributed by atoms with Crippen molar-refractivity contribution in [2.45, 2.75) is 20.3 Å². The van der Waals surface area contributed by atoms with Crippen molar-refractivity contribution in [1.29, 1.82) is 0 Å². The number of carbonyl (C=O) groups is 2. The van der Waals surface area contributed by atoms with Gasteiger partial charge in [0.15, 0.2) is 4.96 Å². The SMILES string of the molecule is CCOC(=O)CN(C)C(=O)Cc1csc2nc(C)cn12. The summed E-state index contributed by atoms with van der Waals surface area (Å²) >= 11 is 1.50. The molecule has 0 N–H and O–H groups in total. The van der Waals surface area contributed by atoms with Gasteiger partial charge >= 0.3 is 5.97 Å². The Morgan fingerprint density at radius 2 is 2.25 bits per heavy atom. The van der Waals surface area contributed by atoms with Crippen LogP contribution in [0.2, 0.25) is 0 Å². The fourth-order valence-corrected chi connectivity index (χ4v) is 2.77. The van der Waals surface area contributed by atoms with Gasteiger partial charge < -0.3 is 9.64 Å². The molecule has 0 aliphatic rings. The summed E-state index contributed by atoms with van der Waals surface area (Å²) in [5.41, 5.74) is 1.80. The summed E-state index contributed by atoms with van der Waals surface area (Å²) in [4.78, 5) is 30.0. The molecule has 2 aromatic rings. The van der Waals surface area contributed by atoms with Crippen LogP contribution in [0.3, 0.4) is 0 Å². The molecule has 0 aliphatic carbocycles. The van der Waals surface area contributed by atoms with Crippen molar-refractivity contribution in [3.63, 3.8) is 0 Å². The van der Waals surface area contributed by atoms with E-state index in [2.05, 4.69) is 4.98 Å². The molecular weight excluding hydrogens is 278 g/mol. The second-order valence-corrected chi connectivity index (χ2v) is 5.33. The van der Waals surface area contributed by atoms with E-state index < -0.39 is 5.97 Å². The van der Waals surface area contributed by atoms with Crippen LogP contribution in [0.15, 0.2) is 11.6 Å². The fourth-order valence-electron chi connectivity index (χ4n) is 1.85. The van der Waals surface area contributed by atoms with Crippen LogP contribution >= 0.6 is 11.3 Å². The maximum absolute atomic E-state index is 12.1. The maximum atomic E-state index is 12.1. The molecule has 7 heteroatoms. The van der Waals surface area contributed by atoms with Gasteiger partial charge in [0.1, 0.15) is 6.54 Å². The molecule has 6 nitrogen and oxygen atoms in total. The molecule has 2 rings (SSSR count). The summed E-state index contributed by atoms with van der Waals surface area (Å²) in [6.07, 6.45) is 2.14. The number of esters is 1. The van der Waals surface area contributed by atoms with Crippen molar-refractivity contribution in [1.82, 2.24) is 14.3 Å². The highest BCUT2D eigenvalue weighted by Crippen LogP contribution is 2.17. The second-order valence-electron chi connectivity index (χ2n) is 4.49. The Hall–Kier alpha value is -1.89. The molecule has 108 valence electrons. The summed E-state index contributed by atoms with van der Waals surface area (Å²) in [5.74, 6) is -0.513. The lowest BCUT2D eigenvalue weighted by Gasteiger charge is -2.15. The van der Waals surface area contributed by atoms with E-state index in [9.17, 15) is 9.59 Å². The first-order valence-corrected chi connectivity index (χ1v) is 7.21. The third-order valence-corrected chi connectivity index (χ3v) is 3.72. The first kappa shape index (κ1) is 14.5. The number of thiazole rings is 1. The minimum Gasteiger partial charge on any atom is -0.465 e. The van der Waals surface area contributed by atoms with Gasteiger partial charge in [-0.05, 0) is 13.8 Å². The lowest BCUT2D eigenvalue weighted by atomic mass is 10.3. The van der Waals surface area contributed by atoms with Crippen LogP contribution in [-0.2, 0) is 20.7 Å². The van der Waals surface area contributed by atoms with Crippen molar-refractivity contribution in [2.24, 2.45) is 0 Å². The van der Waals surface area contributed by atoms with E-state index in [1.165, 1.54) is 16.2 Å². The van der Waals surface area contributed by atoms with E-state index in [0.717, 1.165) is 16.3 Å². The zero-order valence-corrected chi connectivity index (χ0v) is 12.6. The molecule has 0 spiro atoms. The zero-order valence-electron chi connectivity index (χ0n) is 11.8. The Morgan fingerprint density at radius 1 is 1.50 bits per heavy atom. The number of amides is 1. The van der Waals surface area contributed by atoms with E-state index >= 15 is 0 Å². The molecule has 0 unspecified atom stereocenters. The molecule has 2 heterocycles. The first-order chi connectivity index (χ1) is 9.51. The first-order valence-electron chi connectivity index (χ1n) is 6.33. The highest BCUT2D eigenvalue weighted by molar-refractivity contribution is 7.15. The number of rotatable bonds is 5. The van der Waals surface area contributed by atoms with Crippen molar-refractivity contribution < 1.29 is 14.3 Å². The van der Waals surface area contributed by atoms with Crippen LogP contribution in [0, 0.1) is 6.92 Å². The second kappa shape index (κ2) is 6.04. The minimum absolute atomic E-state index is 0.0249. The molecule has 0 saturated carbocycles. The highest BCUT2D eigenvalue weighted by Gasteiger charge is 2.16. The van der Waals surface area contributed by atoms with Gasteiger partial charge in [0, 0.05) is 24.3 Å². The lowest BCUT2D eigenvalue weighted by molar-refractivity contribution is -0.147. The number of imidazole rings is 1. The Kier molecular flexibility index (Phi) is 4.39. The zero-order chi connectivity index (χ0) is 14.7. The van der Waals surface area contributed by atoms with E-state index in [-0.39, 0.29) is 18.9 Å². The topological polar surface area (TPSA) is 63.9 Å². The van der Waals surface area contributed by atoms with Gasteiger partial charge in [0.25, 0.3) is 0 Å². The standard InChI is InChI=1S/C13H17N3O3S/c1-4-19-12(18)7-15(3)11(17)5-10-8-20-13-14-9(2)6-16(10)13/h6,8H,4-5,7H2,1-3H3. The number of likely N-dealkylation sites (N-methyl/N-ethyl adjacent to an activating group) is 1. The summed E-state index contributed by atoms with van der Waals surface area (Å²) in [7, 11) is 1.60. The normalized spacial score (nSPS) is 10.8. The molecule has 2 aromatic heterocycles.